The number of nitrogens with zero attached hydrogens (tertiary/aromatic N) is 2. The monoisotopic (exact) mass is 231 g/mol. The summed E-state index contributed by atoms with van der Waals surface area (Å²) in [5.74, 6) is 0.163. The minimum absolute atomic E-state index is 0.355. The first kappa shape index (κ1) is 10.1. The third-order valence-electron chi connectivity index (χ3n) is 3.05. The van der Waals surface area contributed by atoms with Gasteiger partial charge in [-0.3, -0.25) is 0 Å². The molecule has 1 aliphatic rings. The average Bonchev–Trinajstić information content (AvgIpc) is 3.10. The van der Waals surface area contributed by atoms with E-state index in [-0.39, 0.29) is 5.97 Å². The van der Waals surface area contributed by atoms with Crippen LogP contribution in [-0.4, -0.2) is 22.6 Å². The summed E-state index contributed by atoms with van der Waals surface area (Å²) in [5.41, 5.74) is 8.12. The van der Waals surface area contributed by atoms with E-state index in [2.05, 4.69) is 9.72 Å². The molecule has 0 spiro atoms. The Hall–Kier alpha value is -2.04. The second kappa shape index (κ2) is 3.48. The third kappa shape index (κ3) is 1.54. The van der Waals surface area contributed by atoms with E-state index in [9.17, 15) is 4.79 Å². The predicted octanol–water partition coefficient (Wildman–Crippen LogP) is 1.74. The second-order valence-electron chi connectivity index (χ2n) is 4.27. The lowest BCUT2D eigenvalue weighted by molar-refractivity contribution is 0.0601. The maximum atomic E-state index is 11.4. The van der Waals surface area contributed by atoms with Gasteiger partial charge >= 0.3 is 5.97 Å². The SMILES string of the molecule is COC(=O)c1ccc2c(c1)nc(N)n2C1CC1. The Morgan fingerprint density at radius 3 is 2.94 bits per heavy atom. The molecule has 0 bridgehead atoms. The number of nitrogen functional groups attached to an aromatic ring is 1. The molecule has 1 aromatic carbocycles. The zero-order valence-electron chi connectivity index (χ0n) is 9.51. The van der Waals surface area contributed by atoms with Gasteiger partial charge in [0.15, 0.2) is 0 Å². The molecule has 2 aromatic rings. The Balaban J connectivity index is 2.15. The van der Waals surface area contributed by atoms with Crippen molar-refractivity contribution in [2.45, 2.75) is 18.9 Å². The fourth-order valence-electron chi connectivity index (χ4n) is 2.08. The van der Waals surface area contributed by atoms with Crippen molar-refractivity contribution >= 4 is 23.0 Å². The summed E-state index contributed by atoms with van der Waals surface area (Å²) in [5, 5.41) is 0. The Bertz CT molecular complexity index is 599. The lowest BCUT2D eigenvalue weighted by Crippen LogP contribution is -2.01. The van der Waals surface area contributed by atoms with Gasteiger partial charge in [0.05, 0.1) is 23.7 Å². The van der Waals surface area contributed by atoms with Crippen LogP contribution in [0.5, 0.6) is 0 Å². The zero-order valence-corrected chi connectivity index (χ0v) is 9.51. The summed E-state index contributed by atoms with van der Waals surface area (Å²) in [7, 11) is 1.36. The van der Waals surface area contributed by atoms with Crippen molar-refractivity contribution in [3.05, 3.63) is 23.8 Å². The first-order valence-electron chi connectivity index (χ1n) is 5.56. The van der Waals surface area contributed by atoms with Crippen molar-refractivity contribution in [3.8, 4) is 0 Å². The highest BCUT2D eigenvalue weighted by Crippen LogP contribution is 2.39. The number of fused-ring (bicyclic) bond motifs is 1. The van der Waals surface area contributed by atoms with Crippen molar-refractivity contribution in [1.82, 2.24) is 9.55 Å². The standard InChI is InChI=1S/C12H13N3O2/c1-17-11(16)7-2-5-10-9(6-7)14-12(13)15(10)8-3-4-8/h2,5-6,8H,3-4H2,1H3,(H2,13,14). The van der Waals surface area contributed by atoms with Crippen LogP contribution in [0.15, 0.2) is 18.2 Å². The van der Waals surface area contributed by atoms with E-state index in [1.807, 2.05) is 10.6 Å². The summed E-state index contributed by atoms with van der Waals surface area (Å²) in [6.07, 6.45) is 2.29. The average molecular weight is 231 g/mol. The summed E-state index contributed by atoms with van der Waals surface area (Å²) in [6, 6.07) is 5.82. The highest BCUT2D eigenvalue weighted by Gasteiger charge is 2.27. The molecule has 0 unspecified atom stereocenters. The molecule has 0 radical (unpaired) electrons. The van der Waals surface area contributed by atoms with Crippen molar-refractivity contribution in [2.75, 3.05) is 12.8 Å². The molecule has 1 saturated carbocycles. The number of hydrogen-bond acceptors (Lipinski definition) is 4. The zero-order chi connectivity index (χ0) is 12.0. The van der Waals surface area contributed by atoms with Gasteiger partial charge in [-0.25, -0.2) is 9.78 Å². The van der Waals surface area contributed by atoms with Crippen molar-refractivity contribution in [2.24, 2.45) is 0 Å². The van der Waals surface area contributed by atoms with Gasteiger partial charge < -0.3 is 15.0 Å². The Morgan fingerprint density at radius 2 is 2.29 bits per heavy atom. The molecule has 1 heterocycles. The molecule has 88 valence electrons. The van der Waals surface area contributed by atoms with E-state index in [0.717, 1.165) is 23.9 Å². The Morgan fingerprint density at radius 1 is 1.53 bits per heavy atom. The second-order valence-corrected chi connectivity index (χ2v) is 4.27. The minimum Gasteiger partial charge on any atom is -0.465 e. The van der Waals surface area contributed by atoms with Gasteiger partial charge in [0, 0.05) is 6.04 Å². The maximum Gasteiger partial charge on any atom is 0.337 e. The van der Waals surface area contributed by atoms with E-state index in [1.54, 1.807) is 12.1 Å². The van der Waals surface area contributed by atoms with E-state index in [0.29, 0.717) is 17.6 Å². The number of carbonyl (C=O) groups excluding carboxylic acids is 1. The van der Waals surface area contributed by atoms with Crippen LogP contribution in [0.1, 0.15) is 29.2 Å². The Labute approximate surface area is 98.2 Å². The molecule has 5 heteroatoms. The highest BCUT2D eigenvalue weighted by atomic mass is 16.5. The van der Waals surface area contributed by atoms with Crippen molar-refractivity contribution in [1.29, 1.82) is 0 Å². The van der Waals surface area contributed by atoms with E-state index in [4.69, 9.17) is 5.73 Å². The number of nitrogens with two attached hydrogens (primary N) is 1. The summed E-state index contributed by atoms with van der Waals surface area (Å²) in [6.45, 7) is 0. The fraction of sp³-hybridized carbons (Fsp3) is 0.333. The smallest absolute Gasteiger partial charge is 0.337 e. The van der Waals surface area contributed by atoms with Gasteiger partial charge in [-0.05, 0) is 31.0 Å². The number of imidazole rings is 1. The minimum atomic E-state index is -0.355. The molecule has 0 atom stereocenters. The number of rotatable bonds is 2. The third-order valence-corrected chi connectivity index (χ3v) is 3.05. The van der Waals surface area contributed by atoms with Gasteiger partial charge in [-0.15, -0.1) is 0 Å². The number of carbonyl (C=O) groups is 1. The maximum absolute atomic E-state index is 11.4. The van der Waals surface area contributed by atoms with Crippen LogP contribution in [0, 0.1) is 0 Å². The van der Waals surface area contributed by atoms with Crippen LogP contribution in [-0.2, 0) is 4.74 Å². The van der Waals surface area contributed by atoms with Gasteiger partial charge in [0.1, 0.15) is 0 Å². The van der Waals surface area contributed by atoms with Gasteiger partial charge in [-0.2, -0.15) is 0 Å². The number of hydrogen-bond donors (Lipinski definition) is 1. The van der Waals surface area contributed by atoms with Crippen LogP contribution in [0.2, 0.25) is 0 Å². The van der Waals surface area contributed by atoms with Crippen LogP contribution in [0.3, 0.4) is 0 Å². The van der Waals surface area contributed by atoms with E-state index in [1.165, 1.54) is 7.11 Å². The fourth-order valence-corrected chi connectivity index (χ4v) is 2.08. The molecule has 1 aliphatic carbocycles. The molecular weight excluding hydrogens is 218 g/mol. The van der Waals surface area contributed by atoms with Crippen LogP contribution in [0.25, 0.3) is 11.0 Å². The van der Waals surface area contributed by atoms with Crippen LogP contribution in [0.4, 0.5) is 5.95 Å². The summed E-state index contributed by atoms with van der Waals surface area (Å²) in [4.78, 5) is 15.7. The normalized spacial score (nSPS) is 15.1. The lowest BCUT2D eigenvalue weighted by Gasteiger charge is -2.03. The molecule has 17 heavy (non-hydrogen) atoms. The number of anilines is 1. The van der Waals surface area contributed by atoms with E-state index >= 15 is 0 Å². The highest BCUT2D eigenvalue weighted by molar-refractivity contribution is 5.94. The van der Waals surface area contributed by atoms with Crippen molar-refractivity contribution < 1.29 is 9.53 Å². The number of esters is 1. The number of aromatic nitrogens is 2. The molecule has 0 amide bonds. The number of methoxy groups -OCH3 is 1. The molecule has 3 rings (SSSR count). The predicted molar refractivity (Wildman–Crippen MR) is 63.8 cm³/mol. The van der Waals surface area contributed by atoms with Crippen molar-refractivity contribution in [3.63, 3.8) is 0 Å². The van der Waals surface area contributed by atoms with Crippen LogP contribution >= 0.6 is 0 Å². The molecule has 0 aliphatic heterocycles. The molecule has 5 nitrogen and oxygen atoms in total. The first-order valence-corrected chi connectivity index (χ1v) is 5.56. The summed E-state index contributed by atoms with van der Waals surface area (Å²) >= 11 is 0. The molecule has 1 fully saturated rings. The lowest BCUT2D eigenvalue weighted by atomic mass is 10.2. The molecule has 2 N–H and O–H groups in total. The Kier molecular flexibility index (Phi) is 2.07. The van der Waals surface area contributed by atoms with Gasteiger partial charge in [0.25, 0.3) is 0 Å². The van der Waals surface area contributed by atoms with Crippen LogP contribution < -0.4 is 5.73 Å². The summed E-state index contributed by atoms with van der Waals surface area (Å²) < 4.78 is 6.72. The van der Waals surface area contributed by atoms with Gasteiger partial charge in [-0.1, -0.05) is 0 Å². The topological polar surface area (TPSA) is 70.1 Å². The quantitative estimate of drug-likeness (QED) is 0.799. The first-order chi connectivity index (χ1) is 8.20. The number of ether oxygens (including phenoxy) is 1. The van der Waals surface area contributed by atoms with E-state index < -0.39 is 0 Å². The largest absolute Gasteiger partial charge is 0.465 e. The molecule has 0 saturated heterocycles. The molecule has 1 aromatic heterocycles. The van der Waals surface area contributed by atoms with Gasteiger partial charge in [0.2, 0.25) is 5.95 Å². The number of benzene rings is 1. The molecular formula is C12H13N3O2.